The molecule has 0 aliphatic heterocycles. The normalized spacial score (nSPS) is 3.33. The molecular weight excluding hydrogens is 297 g/mol. The molecule has 0 saturated carbocycles. The van der Waals surface area contributed by atoms with E-state index in [9.17, 15) is 0 Å². The average Bonchev–Trinajstić information content (AvgIpc) is 1.89. The van der Waals surface area contributed by atoms with Crippen LogP contribution in [0.1, 0.15) is 0 Å². The molecule has 36 valence electrons. The Hall–Kier alpha value is -0.825. The van der Waals surface area contributed by atoms with Gasteiger partial charge in [-0.1, -0.05) is 0 Å². The van der Waals surface area contributed by atoms with Crippen molar-refractivity contribution in [1.29, 1.82) is 0 Å². The Morgan fingerprint density at radius 3 is 1.67 bits per heavy atom. The van der Waals surface area contributed by atoms with Gasteiger partial charge in [-0.2, -0.15) is 0 Å². The van der Waals surface area contributed by atoms with Gasteiger partial charge < -0.3 is 0 Å². The van der Waals surface area contributed by atoms with Gasteiger partial charge in [-0.15, -0.1) is 0 Å². The first-order valence-electron chi connectivity index (χ1n) is 2.28. The Labute approximate surface area is 67.8 Å². The summed E-state index contributed by atoms with van der Waals surface area (Å²) >= 11 is -1.26. The van der Waals surface area contributed by atoms with Crippen LogP contribution in [0.4, 0.5) is 0 Å². The van der Waals surface area contributed by atoms with Crippen molar-refractivity contribution >= 4 is 0 Å². The van der Waals surface area contributed by atoms with Crippen LogP contribution in [-0.4, -0.2) is 0 Å². The standard InChI is InChI=1S/2C4H.Hg/c2*1-3-4-2;/h2*1H;. The summed E-state index contributed by atoms with van der Waals surface area (Å²) < 4.78 is 5.67. The van der Waals surface area contributed by atoms with Gasteiger partial charge in [0.2, 0.25) is 0 Å². The molecule has 1 heteroatoms. The minimum absolute atomic E-state index is 1.26. The first-order valence-corrected chi connectivity index (χ1v) is 7.78. The van der Waals surface area contributed by atoms with E-state index in [1.165, 1.54) is 0 Å². The maximum absolute atomic E-state index is 4.87. The van der Waals surface area contributed by atoms with Crippen molar-refractivity contribution in [2.24, 2.45) is 0 Å². The minimum atomic E-state index is -1.26. The van der Waals surface area contributed by atoms with Gasteiger partial charge in [-0.3, -0.25) is 0 Å². The van der Waals surface area contributed by atoms with Crippen LogP contribution in [-0.2, 0) is 24.6 Å². The monoisotopic (exact) mass is 300 g/mol. The van der Waals surface area contributed by atoms with E-state index in [0.29, 0.717) is 0 Å². The van der Waals surface area contributed by atoms with Crippen LogP contribution in [0.25, 0.3) is 0 Å². The van der Waals surface area contributed by atoms with Crippen molar-refractivity contribution in [2.45, 2.75) is 0 Å². The van der Waals surface area contributed by atoms with E-state index in [2.05, 4.69) is 30.5 Å². The van der Waals surface area contributed by atoms with E-state index in [1.54, 1.807) is 0 Å². The molecule has 0 aromatic rings. The molecule has 0 amide bonds. The second-order valence-electron chi connectivity index (χ2n) is 1.07. The van der Waals surface area contributed by atoms with Gasteiger partial charge in [0.1, 0.15) is 0 Å². The van der Waals surface area contributed by atoms with Gasteiger partial charge in [0.15, 0.2) is 0 Å². The molecule has 0 atom stereocenters. The topological polar surface area (TPSA) is 0 Å². The molecule has 0 aromatic heterocycles. The molecule has 0 radical (unpaired) electrons. The Bertz CT molecular complexity index is 234. The van der Waals surface area contributed by atoms with E-state index >= 15 is 0 Å². The summed E-state index contributed by atoms with van der Waals surface area (Å²) in [6.07, 6.45) is 9.73. The quantitative estimate of drug-likeness (QED) is 0.444. The fourth-order valence-electron chi connectivity index (χ4n) is 0.235. The van der Waals surface area contributed by atoms with Crippen molar-refractivity contribution in [1.82, 2.24) is 0 Å². The van der Waals surface area contributed by atoms with Gasteiger partial charge >= 0.3 is 68.0 Å². The van der Waals surface area contributed by atoms with Gasteiger partial charge in [0.25, 0.3) is 0 Å². The third-order valence-electron chi connectivity index (χ3n) is 0.498. The Balaban J connectivity index is 3.59. The number of terminal acetylenes is 2. The van der Waals surface area contributed by atoms with Crippen LogP contribution in [0.15, 0.2) is 0 Å². The van der Waals surface area contributed by atoms with Gasteiger partial charge in [-0.05, 0) is 0 Å². The van der Waals surface area contributed by atoms with Crippen LogP contribution in [0, 0.1) is 43.4 Å². The SMILES string of the molecule is C#CC#[C][Hg][C]#CC#C. The summed E-state index contributed by atoms with van der Waals surface area (Å²) in [7, 11) is 0. The molecule has 0 heterocycles. The van der Waals surface area contributed by atoms with Gasteiger partial charge in [-0.25, -0.2) is 0 Å². The average molecular weight is 299 g/mol. The zero-order valence-corrected chi connectivity index (χ0v) is 10.4. The van der Waals surface area contributed by atoms with Gasteiger partial charge in [0, 0.05) is 0 Å². The zero-order chi connectivity index (χ0) is 6.95. The summed E-state index contributed by atoms with van der Waals surface area (Å²) in [4.78, 5) is 0. The van der Waals surface area contributed by atoms with E-state index < -0.39 is 24.6 Å². The molecular formula is C8H2Hg. The van der Waals surface area contributed by atoms with E-state index in [0.717, 1.165) is 0 Å². The van der Waals surface area contributed by atoms with Crippen molar-refractivity contribution in [3.8, 4) is 43.4 Å². The number of rotatable bonds is 0. The fourth-order valence-corrected chi connectivity index (χ4v) is 2.06. The van der Waals surface area contributed by atoms with Crippen molar-refractivity contribution < 1.29 is 24.6 Å². The maximum atomic E-state index is 4.87. The van der Waals surface area contributed by atoms with Crippen LogP contribution in [0.5, 0.6) is 0 Å². The first-order chi connectivity index (χ1) is 4.41. The molecule has 0 spiro atoms. The van der Waals surface area contributed by atoms with Gasteiger partial charge in [0.05, 0.1) is 0 Å². The molecule has 0 rings (SSSR count). The summed E-state index contributed by atoms with van der Waals surface area (Å²) in [5.74, 6) is 9.46. The molecule has 0 N–H and O–H groups in total. The second-order valence-corrected chi connectivity index (χ2v) is 5.19. The third-order valence-corrected chi connectivity index (χ3v) is 3.25. The van der Waals surface area contributed by atoms with Crippen molar-refractivity contribution in [3.63, 3.8) is 0 Å². The zero-order valence-electron chi connectivity index (χ0n) is 4.86. The van der Waals surface area contributed by atoms with E-state index in [1.807, 2.05) is 0 Å². The molecule has 0 unspecified atom stereocenters. The molecule has 0 fully saturated rings. The molecule has 0 saturated heterocycles. The van der Waals surface area contributed by atoms with Crippen molar-refractivity contribution in [2.75, 3.05) is 0 Å². The third kappa shape index (κ3) is 7.18. The van der Waals surface area contributed by atoms with Crippen LogP contribution >= 0.6 is 0 Å². The predicted octanol–water partition coefficient (Wildman–Crippen LogP) is 0.257. The number of hydrogen-bond acceptors (Lipinski definition) is 0. The fraction of sp³-hybridized carbons (Fsp3) is 0. The molecule has 0 aliphatic carbocycles. The first kappa shape index (κ1) is 8.18. The Morgan fingerprint density at radius 1 is 0.889 bits per heavy atom. The molecule has 0 bridgehead atoms. The summed E-state index contributed by atoms with van der Waals surface area (Å²) in [6.45, 7) is 0. The molecule has 0 nitrogen and oxygen atoms in total. The van der Waals surface area contributed by atoms with Crippen molar-refractivity contribution in [3.05, 3.63) is 0 Å². The molecule has 9 heavy (non-hydrogen) atoms. The Morgan fingerprint density at radius 2 is 1.33 bits per heavy atom. The van der Waals surface area contributed by atoms with Crippen LogP contribution in [0.3, 0.4) is 0 Å². The number of hydrogen-bond donors (Lipinski definition) is 0. The second kappa shape index (κ2) is 7.18. The summed E-state index contributed by atoms with van der Waals surface area (Å²) in [5, 5.41) is 0. The van der Waals surface area contributed by atoms with E-state index in [4.69, 9.17) is 12.8 Å². The van der Waals surface area contributed by atoms with E-state index in [-0.39, 0.29) is 0 Å². The molecule has 0 aromatic carbocycles. The van der Waals surface area contributed by atoms with Crippen LogP contribution in [0.2, 0.25) is 0 Å². The Kier molecular flexibility index (Phi) is 6.52. The molecule has 0 aliphatic rings. The summed E-state index contributed by atoms with van der Waals surface area (Å²) in [5.41, 5.74) is 0. The predicted molar refractivity (Wildman–Crippen MR) is 33.2 cm³/mol. The van der Waals surface area contributed by atoms with Crippen LogP contribution < -0.4 is 0 Å². The summed E-state index contributed by atoms with van der Waals surface area (Å²) in [6, 6.07) is 0.